The van der Waals surface area contributed by atoms with E-state index in [1.54, 1.807) is 12.1 Å². The largest absolute Gasteiger partial charge is 0.479 e. The molecule has 1 amide bonds. The first kappa shape index (κ1) is 21.5. The van der Waals surface area contributed by atoms with Gasteiger partial charge in [-0.15, -0.1) is 0 Å². The van der Waals surface area contributed by atoms with Gasteiger partial charge in [-0.05, 0) is 61.9 Å². The van der Waals surface area contributed by atoms with Gasteiger partial charge in [0.05, 0.1) is 11.1 Å². The molecular formula is C24H31ClN2O2. The van der Waals surface area contributed by atoms with Crippen LogP contribution in [0.5, 0.6) is 5.75 Å². The average Bonchev–Trinajstić information content (AvgIpc) is 2.73. The van der Waals surface area contributed by atoms with Gasteiger partial charge in [0.1, 0.15) is 5.75 Å². The number of benzene rings is 2. The number of para-hydroxylation sites is 1. The highest BCUT2D eigenvalue weighted by Gasteiger charge is 2.22. The molecule has 0 saturated carbocycles. The molecule has 29 heavy (non-hydrogen) atoms. The second-order valence-electron chi connectivity index (χ2n) is 7.96. The number of ether oxygens (including phenoxy) is 1. The quantitative estimate of drug-likeness (QED) is 0.640. The number of carbonyl (C=O) groups is 1. The topological polar surface area (TPSA) is 41.6 Å². The highest BCUT2D eigenvalue weighted by molar-refractivity contribution is 6.32. The van der Waals surface area contributed by atoms with Crippen molar-refractivity contribution in [3.63, 3.8) is 0 Å². The summed E-state index contributed by atoms with van der Waals surface area (Å²) in [6.45, 7) is 8.47. The fraction of sp³-hybridized carbons (Fsp3) is 0.458. The van der Waals surface area contributed by atoms with Gasteiger partial charge >= 0.3 is 0 Å². The Morgan fingerprint density at radius 1 is 1.24 bits per heavy atom. The molecule has 0 aromatic heterocycles. The lowest BCUT2D eigenvalue weighted by molar-refractivity contribution is -0.128. The number of carbonyl (C=O) groups excluding carboxylic acids is 1. The molecule has 3 atom stereocenters. The van der Waals surface area contributed by atoms with Crippen molar-refractivity contribution in [2.24, 2.45) is 5.92 Å². The maximum absolute atomic E-state index is 12.7. The Morgan fingerprint density at radius 3 is 2.62 bits per heavy atom. The molecule has 1 heterocycles. The van der Waals surface area contributed by atoms with Crippen LogP contribution in [-0.2, 0) is 4.79 Å². The predicted molar refractivity (Wildman–Crippen MR) is 120 cm³/mol. The molecule has 1 N–H and O–H groups in total. The number of hydrogen-bond acceptors (Lipinski definition) is 3. The number of nitrogens with zero attached hydrogens (tertiary/aromatic N) is 1. The van der Waals surface area contributed by atoms with Gasteiger partial charge in [-0.25, -0.2) is 0 Å². The van der Waals surface area contributed by atoms with Crippen LogP contribution in [0, 0.1) is 5.92 Å². The molecule has 2 aromatic rings. The fourth-order valence-electron chi connectivity index (χ4n) is 3.80. The number of amides is 1. The Bertz CT molecular complexity index is 809. The third-order valence-electron chi connectivity index (χ3n) is 5.54. The van der Waals surface area contributed by atoms with Crippen LogP contribution < -0.4 is 15.0 Å². The van der Waals surface area contributed by atoms with E-state index in [4.69, 9.17) is 16.3 Å². The number of piperidine rings is 1. The molecular weight excluding hydrogens is 384 g/mol. The summed E-state index contributed by atoms with van der Waals surface area (Å²) in [5, 5.41) is 3.58. The van der Waals surface area contributed by atoms with E-state index in [2.05, 4.69) is 41.4 Å². The molecule has 0 bridgehead atoms. The van der Waals surface area contributed by atoms with E-state index in [0.29, 0.717) is 17.2 Å². The van der Waals surface area contributed by atoms with E-state index in [1.807, 2.05) is 26.0 Å². The van der Waals surface area contributed by atoms with Crippen molar-refractivity contribution < 1.29 is 9.53 Å². The average molecular weight is 415 g/mol. The second kappa shape index (κ2) is 10.0. The molecule has 1 saturated heterocycles. The minimum absolute atomic E-state index is 0.0966. The summed E-state index contributed by atoms with van der Waals surface area (Å²) in [5.74, 6) is 1.14. The van der Waals surface area contributed by atoms with Crippen molar-refractivity contribution in [3.05, 3.63) is 59.1 Å². The van der Waals surface area contributed by atoms with Crippen molar-refractivity contribution in [1.29, 1.82) is 0 Å². The first-order valence-corrected chi connectivity index (χ1v) is 10.9. The monoisotopic (exact) mass is 414 g/mol. The Balaban J connectivity index is 1.60. The zero-order valence-corrected chi connectivity index (χ0v) is 18.3. The number of nitrogens with one attached hydrogen (secondary N) is 1. The Labute approximate surface area is 179 Å². The molecule has 0 aliphatic carbocycles. The molecule has 156 valence electrons. The van der Waals surface area contributed by atoms with Gasteiger partial charge < -0.3 is 15.0 Å². The zero-order valence-electron chi connectivity index (χ0n) is 17.5. The van der Waals surface area contributed by atoms with Crippen molar-refractivity contribution in [1.82, 2.24) is 5.32 Å². The van der Waals surface area contributed by atoms with Crippen molar-refractivity contribution >= 4 is 23.2 Å². The highest BCUT2D eigenvalue weighted by Crippen LogP contribution is 2.26. The maximum atomic E-state index is 12.7. The van der Waals surface area contributed by atoms with Gasteiger partial charge in [0.2, 0.25) is 0 Å². The zero-order chi connectivity index (χ0) is 20.8. The lowest BCUT2D eigenvalue weighted by atomic mass is 9.99. The minimum Gasteiger partial charge on any atom is -0.479 e. The van der Waals surface area contributed by atoms with E-state index in [9.17, 15) is 4.79 Å². The van der Waals surface area contributed by atoms with Gasteiger partial charge in [0, 0.05) is 18.8 Å². The molecule has 1 fully saturated rings. The van der Waals surface area contributed by atoms with Crippen LogP contribution in [0.25, 0.3) is 0 Å². The number of hydrogen-bond donors (Lipinski definition) is 1. The van der Waals surface area contributed by atoms with E-state index < -0.39 is 6.10 Å². The summed E-state index contributed by atoms with van der Waals surface area (Å²) in [6, 6.07) is 15.7. The molecule has 5 heteroatoms. The summed E-state index contributed by atoms with van der Waals surface area (Å²) in [4.78, 5) is 15.2. The molecule has 2 aromatic carbocycles. The first-order chi connectivity index (χ1) is 14.0. The van der Waals surface area contributed by atoms with Crippen LogP contribution in [0.4, 0.5) is 5.69 Å². The molecule has 0 spiro atoms. The maximum Gasteiger partial charge on any atom is 0.261 e. The normalized spacial score (nSPS) is 18.8. The predicted octanol–water partition coefficient (Wildman–Crippen LogP) is 5.61. The number of rotatable bonds is 7. The molecule has 3 rings (SSSR count). The lowest BCUT2D eigenvalue weighted by Crippen LogP contribution is -2.39. The minimum atomic E-state index is -0.577. The van der Waals surface area contributed by atoms with E-state index in [1.165, 1.54) is 18.5 Å². The second-order valence-corrected chi connectivity index (χ2v) is 8.37. The highest BCUT2D eigenvalue weighted by atomic mass is 35.5. The van der Waals surface area contributed by atoms with Crippen molar-refractivity contribution in [3.8, 4) is 5.75 Å². The number of halogens is 1. The van der Waals surface area contributed by atoms with E-state index >= 15 is 0 Å². The molecule has 1 aliphatic rings. The Kier molecular flexibility index (Phi) is 7.43. The van der Waals surface area contributed by atoms with Gasteiger partial charge in [-0.1, -0.05) is 49.7 Å². The SMILES string of the molecule is CC[C@H](Oc1ccccc1Cl)C(=O)N[C@@H](C)c1ccc(N2CCC[C@@H](C)C2)cc1. The molecule has 0 unspecified atom stereocenters. The fourth-order valence-corrected chi connectivity index (χ4v) is 3.98. The van der Waals surface area contributed by atoms with Gasteiger partial charge in [-0.2, -0.15) is 0 Å². The smallest absolute Gasteiger partial charge is 0.261 e. The van der Waals surface area contributed by atoms with Crippen LogP contribution in [0.1, 0.15) is 51.6 Å². The van der Waals surface area contributed by atoms with Crippen molar-refractivity contribution in [2.75, 3.05) is 18.0 Å². The molecule has 1 aliphatic heterocycles. The summed E-state index contributed by atoms with van der Waals surface area (Å²) >= 11 is 6.16. The van der Waals surface area contributed by atoms with Crippen LogP contribution in [-0.4, -0.2) is 25.1 Å². The third kappa shape index (κ3) is 5.66. The summed E-state index contributed by atoms with van der Waals surface area (Å²) < 4.78 is 5.85. The van der Waals surface area contributed by atoms with Crippen LogP contribution >= 0.6 is 11.6 Å². The van der Waals surface area contributed by atoms with E-state index in [-0.39, 0.29) is 11.9 Å². The van der Waals surface area contributed by atoms with Gasteiger partial charge in [0.25, 0.3) is 5.91 Å². The summed E-state index contributed by atoms with van der Waals surface area (Å²) in [5.41, 5.74) is 2.34. The first-order valence-electron chi connectivity index (χ1n) is 10.5. The summed E-state index contributed by atoms with van der Waals surface area (Å²) in [6.07, 6.45) is 2.55. The van der Waals surface area contributed by atoms with Crippen LogP contribution in [0.15, 0.2) is 48.5 Å². The summed E-state index contributed by atoms with van der Waals surface area (Å²) in [7, 11) is 0. The molecule has 4 nitrogen and oxygen atoms in total. The van der Waals surface area contributed by atoms with Crippen LogP contribution in [0.3, 0.4) is 0 Å². The Hall–Kier alpha value is -2.20. The Morgan fingerprint density at radius 2 is 1.97 bits per heavy atom. The van der Waals surface area contributed by atoms with Crippen molar-refractivity contribution in [2.45, 2.75) is 52.2 Å². The van der Waals surface area contributed by atoms with E-state index in [0.717, 1.165) is 24.6 Å². The van der Waals surface area contributed by atoms with Gasteiger partial charge in [-0.3, -0.25) is 4.79 Å². The standard InChI is InChI=1S/C24H31ClN2O2/c1-4-22(29-23-10-6-5-9-21(23)25)24(28)26-18(3)19-11-13-20(14-12-19)27-15-7-8-17(2)16-27/h5-6,9-14,17-18,22H,4,7-8,15-16H2,1-3H3,(H,26,28)/t17-,18+,22+/m1/s1. The molecule has 0 radical (unpaired) electrons. The van der Waals surface area contributed by atoms with Crippen LogP contribution in [0.2, 0.25) is 5.02 Å². The third-order valence-corrected chi connectivity index (χ3v) is 5.86. The lowest BCUT2D eigenvalue weighted by Gasteiger charge is -2.33. The van der Waals surface area contributed by atoms with Gasteiger partial charge in [0.15, 0.2) is 6.10 Å². The number of anilines is 1.